The largest absolute Gasteiger partial charge is 0.490 e. The molecule has 14 nitrogen and oxygen atoms in total. The Hall–Kier alpha value is -5.84. The van der Waals surface area contributed by atoms with Crippen molar-refractivity contribution < 1.29 is 37.0 Å². The van der Waals surface area contributed by atoms with Gasteiger partial charge in [0, 0.05) is 67.9 Å². The van der Waals surface area contributed by atoms with Gasteiger partial charge in [0.1, 0.15) is 48.2 Å². The number of ether oxygens (including phenoxy) is 2. The molecule has 2 N–H and O–H groups in total. The quantitative estimate of drug-likeness (QED) is 0.151. The zero-order valence-corrected chi connectivity index (χ0v) is 29.6. The molecule has 272 valence electrons. The molecule has 0 radical (unpaired) electrons. The summed E-state index contributed by atoms with van der Waals surface area (Å²) in [7, 11) is 6.40. The van der Waals surface area contributed by atoms with Crippen LogP contribution >= 0.6 is 11.6 Å². The standard InChI is InChI=1S/C34H33ClF3N9O5/c1-17-22(35)13-21(28(51-11-12-52-33(50)34(36,37)38)25(17)19-7-9-23(40-14-19)31(48)45(3)4)18(2)47-30-26(29(39)42-16-43-30)27(44-47)20-8-10-24(41-15-20)32(49)46(5)6/h7-10,13-16,18H,11-12H2,1-6H3,(H2,39,42,43). The maximum Gasteiger partial charge on any atom is 0.490 e. The highest BCUT2D eigenvalue weighted by atomic mass is 35.5. The van der Waals surface area contributed by atoms with Gasteiger partial charge in [0.25, 0.3) is 11.8 Å². The zero-order valence-electron chi connectivity index (χ0n) is 28.8. The molecule has 5 aromatic rings. The zero-order chi connectivity index (χ0) is 38.1. The summed E-state index contributed by atoms with van der Waals surface area (Å²) in [4.78, 5) is 56.4. The molecule has 0 aliphatic heterocycles. The molecular formula is C34H33ClF3N9O5. The number of nitrogens with zero attached hydrogens (tertiary/aromatic N) is 8. The summed E-state index contributed by atoms with van der Waals surface area (Å²) in [5.74, 6) is -2.69. The third-order valence-electron chi connectivity index (χ3n) is 7.97. The van der Waals surface area contributed by atoms with Crippen LogP contribution < -0.4 is 10.5 Å². The van der Waals surface area contributed by atoms with Crippen molar-refractivity contribution in [3.63, 3.8) is 0 Å². The maximum absolute atomic E-state index is 12.8. The molecule has 0 fully saturated rings. The fourth-order valence-electron chi connectivity index (χ4n) is 5.30. The van der Waals surface area contributed by atoms with Crippen LogP contribution in [0.15, 0.2) is 49.1 Å². The van der Waals surface area contributed by atoms with Crippen molar-refractivity contribution in [3.8, 4) is 28.1 Å². The number of alkyl halides is 3. The smallest absolute Gasteiger partial charge is 0.489 e. The predicted molar refractivity (Wildman–Crippen MR) is 185 cm³/mol. The number of benzene rings is 1. The average Bonchev–Trinajstić information content (AvgIpc) is 3.51. The van der Waals surface area contributed by atoms with Gasteiger partial charge < -0.3 is 25.0 Å². The molecule has 0 saturated heterocycles. The Labute approximate surface area is 300 Å². The van der Waals surface area contributed by atoms with E-state index in [0.717, 1.165) is 0 Å². The summed E-state index contributed by atoms with van der Waals surface area (Å²) in [6.45, 7) is 2.29. The number of nitrogens with two attached hydrogens (primary N) is 1. The fraction of sp³-hybridized carbons (Fsp3) is 0.294. The number of rotatable bonds is 10. The number of aromatic nitrogens is 6. The van der Waals surface area contributed by atoms with Gasteiger partial charge in [0.2, 0.25) is 0 Å². The van der Waals surface area contributed by atoms with E-state index in [9.17, 15) is 27.6 Å². The van der Waals surface area contributed by atoms with Gasteiger partial charge in [0.05, 0.1) is 11.4 Å². The van der Waals surface area contributed by atoms with E-state index in [-0.39, 0.29) is 34.8 Å². The number of carbonyl (C=O) groups is 3. The topological polar surface area (TPSA) is 172 Å². The molecule has 1 unspecified atom stereocenters. The number of hydrogen-bond donors (Lipinski definition) is 1. The summed E-state index contributed by atoms with van der Waals surface area (Å²) in [5, 5.41) is 5.55. The highest BCUT2D eigenvalue weighted by Gasteiger charge is 2.41. The van der Waals surface area contributed by atoms with Crippen molar-refractivity contribution in [3.05, 3.63) is 76.6 Å². The lowest BCUT2D eigenvalue weighted by Crippen LogP contribution is -2.27. The molecule has 2 amide bonds. The van der Waals surface area contributed by atoms with E-state index in [1.54, 1.807) is 71.0 Å². The number of amides is 2. The van der Waals surface area contributed by atoms with Crippen LogP contribution in [0.1, 0.15) is 45.1 Å². The Morgan fingerprint density at radius 1 is 0.923 bits per heavy atom. The van der Waals surface area contributed by atoms with E-state index < -0.39 is 31.4 Å². The van der Waals surface area contributed by atoms with Crippen LogP contribution in [-0.2, 0) is 9.53 Å². The lowest BCUT2D eigenvalue weighted by molar-refractivity contribution is -0.200. The van der Waals surface area contributed by atoms with E-state index in [1.807, 2.05) is 0 Å². The Morgan fingerprint density at radius 2 is 1.52 bits per heavy atom. The second kappa shape index (κ2) is 14.8. The summed E-state index contributed by atoms with van der Waals surface area (Å²) >= 11 is 6.81. The normalized spacial score (nSPS) is 12.0. The van der Waals surface area contributed by atoms with E-state index >= 15 is 0 Å². The van der Waals surface area contributed by atoms with Crippen LogP contribution in [0.4, 0.5) is 19.0 Å². The number of nitrogen functional groups attached to an aromatic ring is 1. The van der Waals surface area contributed by atoms with Gasteiger partial charge in [-0.2, -0.15) is 18.3 Å². The Balaban J connectivity index is 1.65. The van der Waals surface area contributed by atoms with Crippen molar-refractivity contribution in [2.45, 2.75) is 26.1 Å². The van der Waals surface area contributed by atoms with Crippen LogP contribution in [-0.4, -0.2) is 105 Å². The SMILES string of the molecule is Cc1c(Cl)cc(C(C)n2nc(-c3ccc(C(=O)N(C)C)nc3)c3c(N)ncnc32)c(OCCOC(=O)C(F)(F)F)c1-c1ccc(C(=O)N(C)C)nc1. The molecule has 52 heavy (non-hydrogen) atoms. The van der Waals surface area contributed by atoms with Gasteiger partial charge in [-0.05, 0) is 43.7 Å². The molecule has 1 aromatic carbocycles. The second-order valence-corrected chi connectivity index (χ2v) is 12.4. The number of anilines is 1. The minimum Gasteiger partial charge on any atom is -0.489 e. The number of carbonyl (C=O) groups excluding carboxylic acids is 3. The molecule has 4 aromatic heterocycles. The average molecular weight is 740 g/mol. The third kappa shape index (κ3) is 7.44. The number of pyridine rings is 2. The highest BCUT2D eigenvalue weighted by Crippen LogP contribution is 2.44. The molecule has 0 spiro atoms. The molecule has 0 saturated carbocycles. The minimum atomic E-state index is -5.18. The van der Waals surface area contributed by atoms with Crippen LogP contribution in [0.5, 0.6) is 5.75 Å². The summed E-state index contributed by atoms with van der Waals surface area (Å²) in [6, 6.07) is 7.28. The highest BCUT2D eigenvalue weighted by molar-refractivity contribution is 6.32. The van der Waals surface area contributed by atoms with Crippen LogP contribution in [0.3, 0.4) is 0 Å². The summed E-state index contributed by atoms with van der Waals surface area (Å²) in [5.41, 5.74) is 9.76. The number of halogens is 4. The van der Waals surface area contributed by atoms with Crippen LogP contribution in [0.25, 0.3) is 33.4 Å². The minimum absolute atomic E-state index is 0.121. The van der Waals surface area contributed by atoms with E-state index in [4.69, 9.17) is 27.2 Å². The number of fused-ring (bicyclic) bond motifs is 1. The van der Waals surface area contributed by atoms with Gasteiger partial charge in [-0.1, -0.05) is 17.7 Å². The molecule has 0 aliphatic carbocycles. The Morgan fingerprint density at radius 3 is 2.06 bits per heavy atom. The van der Waals surface area contributed by atoms with Crippen molar-refractivity contribution >= 4 is 46.2 Å². The molecule has 5 rings (SSSR count). The van der Waals surface area contributed by atoms with E-state index in [1.165, 1.54) is 34.6 Å². The lowest BCUT2D eigenvalue weighted by atomic mass is 9.94. The van der Waals surface area contributed by atoms with Gasteiger partial charge in [-0.15, -0.1) is 0 Å². The predicted octanol–water partition coefficient (Wildman–Crippen LogP) is 4.99. The molecule has 4 heterocycles. The van der Waals surface area contributed by atoms with Crippen LogP contribution in [0.2, 0.25) is 5.02 Å². The van der Waals surface area contributed by atoms with Crippen molar-refractivity contribution in [1.29, 1.82) is 0 Å². The van der Waals surface area contributed by atoms with Gasteiger partial charge in [-0.25, -0.2) is 19.4 Å². The molecule has 0 aliphatic rings. The van der Waals surface area contributed by atoms with Gasteiger partial charge in [-0.3, -0.25) is 19.6 Å². The van der Waals surface area contributed by atoms with Crippen LogP contribution in [0, 0.1) is 6.92 Å². The first-order valence-corrected chi connectivity index (χ1v) is 15.9. The van der Waals surface area contributed by atoms with E-state index in [0.29, 0.717) is 49.6 Å². The summed E-state index contributed by atoms with van der Waals surface area (Å²) < 4.78 is 50.6. The first-order chi connectivity index (χ1) is 24.5. The Kier molecular flexibility index (Phi) is 10.6. The second-order valence-electron chi connectivity index (χ2n) is 11.9. The third-order valence-corrected chi connectivity index (χ3v) is 8.37. The Bertz CT molecular complexity index is 2160. The molecule has 18 heteroatoms. The first-order valence-electron chi connectivity index (χ1n) is 15.6. The van der Waals surface area contributed by atoms with Crippen molar-refractivity contribution in [2.24, 2.45) is 0 Å². The monoisotopic (exact) mass is 739 g/mol. The summed E-state index contributed by atoms with van der Waals surface area (Å²) in [6.07, 6.45) is -0.978. The molecule has 0 bridgehead atoms. The van der Waals surface area contributed by atoms with Crippen molar-refractivity contribution in [2.75, 3.05) is 47.1 Å². The van der Waals surface area contributed by atoms with Gasteiger partial charge >= 0.3 is 12.1 Å². The van der Waals surface area contributed by atoms with Crippen molar-refractivity contribution in [1.82, 2.24) is 39.5 Å². The fourth-order valence-corrected chi connectivity index (χ4v) is 5.52. The first kappa shape index (κ1) is 37.4. The lowest BCUT2D eigenvalue weighted by Gasteiger charge is -2.23. The van der Waals surface area contributed by atoms with E-state index in [2.05, 4.69) is 24.7 Å². The molecule has 1 atom stereocenters. The maximum atomic E-state index is 12.8. The number of esters is 1. The van der Waals surface area contributed by atoms with Gasteiger partial charge in [0.15, 0.2) is 5.65 Å². The number of hydrogen-bond acceptors (Lipinski definition) is 11. The molecular weight excluding hydrogens is 707 g/mol.